The number of likely N-dealkylation sites (tertiary alicyclic amines) is 1. The molecule has 0 aliphatic carbocycles. The van der Waals surface area contributed by atoms with Gasteiger partial charge in [-0.25, -0.2) is 0 Å². The van der Waals surface area contributed by atoms with Crippen molar-refractivity contribution in [2.75, 3.05) is 19.8 Å². The lowest BCUT2D eigenvalue weighted by molar-refractivity contribution is -0.152. The molecule has 1 N–H and O–H groups in total. The van der Waals surface area contributed by atoms with Crippen molar-refractivity contribution in [3.63, 3.8) is 0 Å². The van der Waals surface area contributed by atoms with Crippen molar-refractivity contribution in [1.82, 2.24) is 4.90 Å². The molecule has 1 amide bonds. The van der Waals surface area contributed by atoms with Crippen LogP contribution in [0.5, 0.6) is 0 Å². The number of hydrogen-bond donors (Lipinski definition) is 1. The van der Waals surface area contributed by atoms with Gasteiger partial charge < -0.3 is 14.7 Å². The van der Waals surface area contributed by atoms with E-state index in [2.05, 4.69) is 0 Å². The van der Waals surface area contributed by atoms with Crippen LogP contribution in [0.25, 0.3) is 0 Å². The molecule has 1 aromatic carbocycles. The first kappa shape index (κ1) is 16.0. The average molecular weight is 317 g/mol. The van der Waals surface area contributed by atoms with E-state index in [1.54, 1.807) is 4.90 Å². The van der Waals surface area contributed by atoms with Crippen LogP contribution in [0.15, 0.2) is 24.3 Å². The zero-order valence-corrected chi connectivity index (χ0v) is 13.4. The van der Waals surface area contributed by atoms with E-state index in [1.807, 2.05) is 31.2 Å². The highest BCUT2D eigenvalue weighted by Gasteiger charge is 2.41. The number of amides is 1. The Labute approximate surface area is 136 Å². The molecular formula is C18H23NO4. The van der Waals surface area contributed by atoms with Crippen LogP contribution >= 0.6 is 0 Å². The number of carboxylic acid groups (broad SMARTS) is 1. The molecule has 2 aliphatic heterocycles. The Balaban J connectivity index is 1.91. The monoisotopic (exact) mass is 317 g/mol. The highest BCUT2D eigenvalue weighted by molar-refractivity contribution is 5.81. The molecule has 5 nitrogen and oxygen atoms in total. The van der Waals surface area contributed by atoms with Crippen molar-refractivity contribution in [3.05, 3.63) is 35.4 Å². The summed E-state index contributed by atoms with van der Waals surface area (Å²) in [5.41, 5.74) is 2.04. The van der Waals surface area contributed by atoms with Crippen molar-refractivity contribution < 1.29 is 19.4 Å². The van der Waals surface area contributed by atoms with Gasteiger partial charge >= 0.3 is 5.97 Å². The van der Waals surface area contributed by atoms with Crippen LogP contribution in [0.2, 0.25) is 0 Å². The lowest BCUT2D eigenvalue weighted by Gasteiger charge is -2.41. The fraction of sp³-hybridized carbons (Fsp3) is 0.556. The predicted molar refractivity (Wildman–Crippen MR) is 84.9 cm³/mol. The molecule has 5 heteroatoms. The molecule has 0 aromatic heterocycles. The van der Waals surface area contributed by atoms with Gasteiger partial charge in [-0.1, -0.05) is 29.8 Å². The molecule has 23 heavy (non-hydrogen) atoms. The van der Waals surface area contributed by atoms with Crippen LogP contribution in [0.4, 0.5) is 0 Å². The number of hydrogen-bond acceptors (Lipinski definition) is 3. The Morgan fingerprint density at radius 2 is 2.04 bits per heavy atom. The summed E-state index contributed by atoms with van der Waals surface area (Å²) in [6.45, 7) is 3.96. The van der Waals surface area contributed by atoms with Gasteiger partial charge in [0, 0.05) is 25.5 Å². The minimum Gasteiger partial charge on any atom is -0.481 e. The zero-order valence-electron chi connectivity index (χ0n) is 13.4. The van der Waals surface area contributed by atoms with Crippen LogP contribution in [-0.2, 0) is 14.3 Å². The number of aliphatic carboxylic acids is 1. The SMILES string of the molecule is Cc1ccc([C@@H]2[C@H](C(=O)O)CCC(=O)N2C[C@@H]2CCOC2)cc1. The molecule has 2 saturated heterocycles. The van der Waals surface area contributed by atoms with E-state index in [-0.39, 0.29) is 11.9 Å². The molecule has 2 fully saturated rings. The quantitative estimate of drug-likeness (QED) is 0.926. The number of piperidine rings is 1. The summed E-state index contributed by atoms with van der Waals surface area (Å²) >= 11 is 0. The Hall–Kier alpha value is -1.88. The van der Waals surface area contributed by atoms with E-state index in [0.29, 0.717) is 31.9 Å². The van der Waals surface area contributed by atoms with Gasteiger partial charge in [0.15, 0.2) is 0 Å². The Kier molecular flexibility index (Phi) is 4.66. The molecule has 2 aliphatic rings. The minimum atomic E-state index is -0.823. The van der Waals surface area contributed by atoms with E-state index in [4.69, 9.17) is 4.74 Å². The average Bonchev–Trinajstić information content (AvgIpc) is 3.03. The maximum absolute atomic E-state index is 12.5. The number of benzene rings is 1. The summed E-state index contributed by atoms with van der Waals surface area (Å²) in [6, 6.07) is 7.48. The van der Waals surface area contributed by atoms with E-state index in [1.165, 1.54) is 0 Å². The Morgan fingerprint density at radius 3 is 2.65 bits per heavy atom. The van der Waals surface area contributed by atoms with Crippen LogP contribution in [0.1, 0.15) is 36.4 Å². The van der Waals surface area contributed by atoms with Gasteiger partial charge in [-0.2, -0.15) is 0 Å². The molecule has 0 saturated carbocycles. The number of carbonyl (C=O) groups is 2. The van der Waals surface area contributed by atoms with Gasteiger partial charge in [-0.15, -0.1) is 0 Å². The lowest BCUT2D eigenvalue weighted by Crippen LogP contribution is -2.47. The second kappa shape index (κ2) is 6.71. The molecule has 124 valence electrons. The number of aryl methyl sites for hydroxylation is 1. The molecular weight excluding hydrogens is 294 g/mol. The first-order chi connectivity index (χ1) is 11.1. The minimum absolute atomic E-state index is 0.0555. The van der Waals surface area contributed by atoms with E-state index >= 15 is 0 Å². The zero-order chi connectivity index (χ0) is 16.4. The molecule has 0 radical (unpaired) electrons. The topological polar surface area (TPSA) is 66.8 Å². The second-order valence-electron chi connectivity index (χ2n) is 6.61. The molecule has 0 unspecified atom stereocenters. The number of rotatable bonds is 4. The molecule has 0 spiro atoms. The number of carbonyl (C=O) groups excluding carboxylic acids is 1. The van der Waals surface area contributed by atoms with Crippen LogP contribution in [0, 0.1) is 18.8 Å². The third kappa shape index (κ3) is 3.39. The summed E-state index contributed by atoms with van der Waals surface area (Å²) in [6.07, 6.45) is 1.65. The third-order valence-corrected chi connectivity index (χ3v) is 4.92. The van der Waals surface area contributed by atoms with E-state index < -0.39 is 11.9 Å². The molecule has 1 aromatic rings. The van der Waals surface area contributed by atoms with E-state index in [9.17, 15) is 14.7 Å². The summed E-state index contributed by atoms with van der Waals surface area (Å²) < 4.78 is 5.41. The predicted octanol–water partition coefficient (Wildman–Crippen LogP) is 2.40. The number of carboxylic acids is 1. The van der Waals surface area contributed by atoms with Crippen LogP contribution in [-0.4, -0.2) is 41.6 Å². The normalized spacial score (nSPS) is 28.1. The van der Waals surface area contributed by atoms with Gasteiger partial charge in [0.05, 0.1) is 18.6 Å². The standard InChI is InChI=1S/C18H23NO4/c1-12-2-4-14(5-3-12)17-15(18(21)22)6-7-16(20)19(17)10-13-8-9-23-11-13/h2-5,13,15,17H,6-11H2,1H3,(H,21,22)/t13-,15+,17+/m0/s1. The molecule has 0 bridgehead atoms. The first-order valence-corrected chi connectivity index (χ1v) is 8.23. The summed E-state index contributed by atoms with van der Waals surface area (Å²) in [5.74, 6) is -1.01. The maximum Gasteiger partial charge on any atom is 0.308 e. The van der Waals surface area contributed by atoms with E-state index in [0.717, 1.165) is 24.2 Å². The fourth-order valence-corrected chi connectivity index (χ4v) is 3.61. The Bertz CT molecular complexity index is 577. The van der Waals surface area contributed by atoms with Crippen LogP contribution in [0.3, 0.4) is 0 Å². The van der Waals surface area contributed by atoms with Crippen molar-refractivity contribution >= 4 is 11.9 Å². The summed E-state index contributed by atoms with van der Waals surface area (Å²) in [4.78, 5) is 26.0. The molecule has 3 rings (SSSR count). The highest BCUT2D eigenvalue weighted by atomic mass is 16.5. The van der Waals surface area contributed by atoms with Crippen molar-refractivity contribution in [2.24, 2.45) is 11.8 Å². The largest absolute Gasteiger partial charge is 0.481 e. The van der Waals surface area contributed by atoms with Gasteiger partial charge in [-0.3, -0.25) is 9.59 Å². The lowest BCUT2D eigenvalue weighted by atomic mass is 9.83. The summed E-state index contributed by atoms with van der Waals surface area (Å²) in [5, 5.41) is 9.63. The number of nitrogens with zero attached hydrogens (tertiary/aromatic N) is 1. The van der Waals surface area contributed by atoms with Crippen molar-refractivity contribution in [3.8, 4) is 0 Å². The maximum atomic E-state index is 12.5. The van der Waals surface area contributed by atoms with Gasteiger partial charge in [0.1, 0.15) is 0 Å². The smallest absolute Gasteiger partial charge is 0.308 e. The first-order valence-electron chi connectivity index (χ1n) is 8.23. The van der Waals surface area contributed by atoms with Gasteiger partial charge in [0.25, 0.3) is 0 Å². The third-order valence-electron chi connectivity index (χ3n) is 4.92. The van der Waals surface area contributed by atoms with Crippen molar-refractivity contribution in [2.45, 2.75) is 32.2 Å². The second-order valence-corrected chi connectivity index (χ2v) is 6.61. The number of ether oxygens (including phenoxy) is 1. The fourth-order valence-electron chi connectivity index (χ4n) is 3.61. The van der Waals surface area contributed by atoms with Gasteiger partial charge in [-0.05, 0) is 25.3 Å². The van der Waals surface area contributed by atoms with Gasteiger partial charge in [0.2, 0.25) is 5.91 Å². The van der Waals surface area contributed by atoms with Crippen molar-refractivity contribution in [1.29, 1.82) is 0 Å². The molecule has 3 atom stereocenters. The Morgan fingerprint density at radius 1 is 1.30 bits per heavy atom. The highest BCUT2D eigenvalue weighted by Crippen LogP contribution is 2.38. The molecule has 2 heterocycles. The summed E-state index contributed by atoms with van der Waals surface area (Å²) in [7, 11) is 0. The van der Waals surface area contributed by atoms with Crippen LogP contribution < -0.4 is 0 Å².